The highest BCUT2D eigenvalue weighted by atomic mass is 16.1. The topological polar surface area (TPSA) is 116 Å². The standard InChI is InChI=1S/C30H24N8O/c1-19-12-15-22(30(2)35-37-38-36-30)18-26(19)32-28(39)21-13-16-23(17-14-21)31-29-33-25-11-7-6-10-24(25)27(34-29)20-8-4-3-5-9-20/h3-18H,1-2H3,(H,32,39)(H,31,33,34). The van der Waals surface area contributed by atoms with Crippen LogP contribution in [-0.4, -0.2) is 15.9 Å². The van der Waals surface area contributed by atoms with Crippen molar-refractivity contribution in [3.8, 4) is 11.3 Å². The van der Waals surface area contributed by atoms with E-state index in [0.29, 0.717) is 17.2 Å². The molecule has 0 saturated carbocycles. The average molecular weight is 513 g/mol. The van der Waals surface area contributed by atoms with Gasteiger partial charge in [-0.1, -0.05) is 60.7 Å². The second-order valence-corrected chi connectivity index (χ2v) is 9.36. The van der Waals surface area contributed by atoms with Crippen molar-refractivity contribution in [1.82, 2.24) is 9.97 Å². The Hall–Kier alpha value is -5.31. The maximum Gasteiger partial charge on any atom is 0.255 e. The van der Waals surface area contributed by atoms with Crippen LogP contribution >= 0.6 is 0 Å². The maximum atomic E-state index is 13.1. The van der Waals surface area contributed by atoms with Crippen LogP contribution in [0.4, 0.5) is 17.3 Å². The van der Waals surface area contributed by atoms with Crippen LogP contribution in [-0.2, 0) is 5.66 Å². The lowest BCUT2D eigenvalue weighted by molar-refractivity contribution is 0.102. The van der Waals surface area contributed by atoms with Gasteiger partial charge in [0.05, 0.1) is 11.2 Å². The summed E-state index contributed by atoms with van der Waals surface area (Å²) in [7, 11) is 0. The zero-order valence-electron chi connectivity index (χ0n) is 21.3. The molecule has 0 spiro atoms. The number of rotatable bonds is 6. The molecule has 0 fully saturated rings. The zero-order valence-corrected chi connectivity index (χ0v) is 21.3. The Labute approximate surface area is 224 Å². The number of aryl methyl sites for hydroxylation is 1. The van der Waals surface area contributed by atoms with E-state index >= 15 is 0 Å². The Kier molecular flexibility index (Phi) is 6.08. The van der Waals surface area contributed by atoms with Crippen LogP contribution in [0.25, 0.3) is 22.2 Å². The van der Waals surface area contributed by atoms with Crippen LogP contribution in [0.1, 0.15) is 28.4 Å². The van der Waals surface area contributed by atoms with E-state index in [0.717, 1.165) is 39.0 Å². The first kappa shape index (κ1) is 24.1. The van der Waals surface area contributed by atoms with Gasteiger partial charge in [-0.15, -0.1) is 10.2 Å². The minimum atomic E-state index is -0.883. The number of hydrogen-bond donors (Lipinski definition) is 2. The van der Waals surface area contributed by atoms with E-state index in [9.17, 15) is 4.79 Å². The SMILES string of the molecule is Cc1ccc(C2(C)N=NN=N2)cc1NC(=O)c1ccc(Nc2nc(-c3ccccc3)c3ccccc3n2)cc1. The van der Waals surface area contributed by atoms with E-state index < -0.39 is 5.66 Å². The van der Waals surface area contributed by atoms with Gasteiger partial charge >= 0.3 is 0 Å². The van der Waals surface area contributed by atoms with Crippen molar-refractivity contribution >= 4 is 34.1 Å². The molecular weight excluding hydrogens is 488 g/mol. The van der Waals surface area contributed by atoms with Crippen LogP contribution in [0.3, 0.4) is 0 Å². The molecule has 1 amide bonds. The number of carbonyl (C=O) groups is 1. The van der Waals surface area contributed by atoms with E-state index in [1.54, 1.807) is 12.1 Å². The van der Waals surface area contributed by atoms with Gasteiger partial charge in [0, 0.05) is 33.5 Å². The van der Waals surface area contributed by atoms with Crippen molar-refractivity contribution in [2.45, 2.75) is 19.5 Å². The summed E-state index contributed by atoms with van der Waals surface area (Å²) in [6.07, 6.45) is 0. The third-order valence-electron chi connectivity index (χ3n) is 6.61. The number of amides is 1. The number of aromatic nitrogens is 2. The first-order chi connectivity index (χ1) is 19.0. The normalized spacial score (nSPS) is 13.5. The van der Waals surface area contributed by atoms with Crippen molar-refractivity contribution in [2.75, 3.05) is 10.6 Å². The Morgan fingerprint density at radius 1 is 0.795 bits per heavy atom. The summed E-state index contributed by atoms with van der Waals surface area (Å²) >= 11 is 0. The zero-order chi connectivity index (χ0) is 26.8. The molecule has 2 heterocycles. The first-order valence-electron chi connectivity index (χ1n) is 12.4. The minimum absolute atomic E-state index is 0.227. The second kappa shape index (κ2) is 9.86. The van der Waals surface area contributed by atoms with Gasteiger partial charge in [0.2, 0.25) is 11.6 Å². The molecule has 0 atom stereocenters. The summed E-state index contributed by atoms with van der Waals surface area (Å²) < 4.78 is 0. The van der Waals surface area contributed by atoms with Crippen LogP contribution in [0.15, 0.2) is 118 Å². The number of nitrogens with one attached hydrogen (secondary N) is 2. The summed E-state index contributed by atoms with van der Waals surface area (Å²) in [6, 6.07) is 30.8. The maximum absolute atomic E-state index is 13.1. The number of nitrogens with zero attached hydrogens (tertiary/aromatic N) is 6. The second-order valence-electron chi connectivity index (χ2n) is 9.36. The third-order valence-corrected chi connectivity index (χ3v) is 6.61. The molecule has 5 aromatic rings. The van der Waals surface area contributed by atoms with Crippen molar-refractivity contribution < 1.29 is 4.79 Å². The van der Waals surface area contributed by atoms with Crippen molar-refractivity contribution in [3.05, 3.63) is 114 Å². The number of fused-ring (bicyclic) bond motifs is 1. The van der Waals surface area contributed by atoms with Crippen LogP contribution < -0.4 is 10.6 Å². The van der Waals surface area contributed by atoms with Crippen LogP contribution in [0.5, 0.6) is 0 Å². The molecule has 0 aliphatic carbocycles. The highest BCUT2D eigenvalue weighted by Gasteiger charge is 2.30. The quantitative estimate of drug-likeness (QED) is 0.243. The Bertz CT molecular complexity index is 1740. The van der Waals surface area contributed by atoms with Gasteiger partial charge in [0.1, 0.15) is 0 Å². The predicted octanol–water partition coefficient (Wildman–Crippen LogP) is 7.61. The molecule has 0 bridgehead atoms. The molecule has 6 rings (SSSR count). The highest BCUT2D eigenvalue weighted by molar-refractivity contribution is 6.05. The molecule has 0 saturated heterocycles. The smallest absolute Gasteiger partial charge is 0.255 e. The fraction of sp³-hybridized carbons (Fsp3) is 0.100. The summed E-state index contributed by atoms with van der Waals surface area (Å²) in [4.78, 5) is 22.6. The lowest BCUT2D eigenvalue weighted by Crippen LogP contribution is -2.16. The third kappa shape index (κ3) is 4.85. The molecule has 0 radical (unpaired) electrons. The Balaban J connectivity index is 1.22. The monoisotopic (exact) mass is 512 g/mol. The van der Waals surface area contributed by atoms with E-state index in [1.807, 2.05) is 98.8 Å². The summed E-state index contributed by atoms with van der Waals surface area (Å²) in [5.74, 6) is 0.252. The van der Waals surface area contributed by atoms with E-state index in [1.165, 1.54) is 0 Å². The number of para-hydroxylation sites is 1. The summed E-state index contributed by atoms with van der Waals surface area (Å²) in [6.45, 7) is 3.75. The molecule has 4 aromatic carbocycles. The Morgan fingerprint density at radius 2 is 1.51 bits per heavy atom. The molecule has 1 aromatic heterocycles. The molecule has 39 heavy (non-hydrogen) atoms. The molecule has 1 aliphatic rings. The van der Waals surface area contributed by atoms with Gasteiger partial charge in [0.25, 0.3) is 5.91 Å². The van der Waals surface area contributed by atoms with Crippen molar-refractivity contribution in [2.24, 2.45) is 20.7 Å². The average Bonchev–Trinajstić information content (AvgIpc) is 3.42. The molecule has 9 heteroatoms. The van der Waals surface area contributed by atoms with E-state index in [-0.39, 0.29) is 5.91 Å². The molecule has 1 aliphatic heterocycles. The molecule has 0 unspecified atom stereocenters. The van der Waals surface area contributed by atoms with Gasteiger partial charge in [0.15, 0.2) is 0 Å². The number of benzene rings is 4. The number of hydrogen-bond acceptors (Lipinski definition) is 8. The van der Waals surface area contributed by atoms with Crippen LogP contribution in [0.2, 0.25) is 0 Å². The van der Waals surface area contributed by atoms with Crippen LogP contribution in [0, 0.1) is 6.92 Å². The van der Waals surface area contributed by atoms with E-state index in [2.05, 4.69) is 31.3 Å². The summed E-state index contributed by atoms with van der Waals surface area (Å²) in [5.41, 5.74) is 5.50. The van der Waals surface area contributed by atoms with Crippen molar-refractivity contribution in [1.29, 1.82) is 0 Å². The van der Waals surface area contributed by atoms with Crippen molar-refractivity contribution in [3.63, 3.8) is 0 Å². The van der Waals surface area contributed by atoms with E-state index in [4.69, 9.17) is 9.97 Å². The minimum Gasteiger partial charge on any atom is -0.324 e. The molecule has 190 valence electrons. The highest BCUT2D eigenvalue weighted by Crippen LogP contribution is 2.34. The predicted molar refractivity (Wildman–Crippen MR) is 151 cm³/mol. The molecular formula is C30H24N8O. The largest absolute Gasteiger partial charge is 0.324 e. The van der Waals surface area contributed by atoms with Gasteiger partial charge < -0.3 is 10.6 Å². The number of carbonyl (C=O) groups excluding carboxylic acids is 1. The first-order valence-corrected chi connectivity index (χ1v) is 12.4. The fourth-order valence-corrected chi connectivity index (χ4v) is 4.38. The lowest BCUT2D eigenvalue weighted by Gasteiger charge is -2.17. The Morgan fingerprint density at radius 3 is 2.28 bits per heavy atom. The van der Waals surface area contributed by atoms with Gasteiger partial charge in [-0.3, -0.25) is 4.79 Å². The van der Waals surface area contributed by atoms with Gasteiger partial charge in [-0.25, -0.2) is 9.97 Å². The summed E-state index contributed by atoms with van der Waals surface area (Å²) in [5, 5.41) is 22.7. The lowest BCUT2D eigenvalue weighted by atomic mass is 10.00. The fourth-order valence-electron chi connectivity index (χ4n) is 4.38. The number of anilines is 3. The molecule has 9 nitrogen and oxygen atoms in total. The van der Waals surface area contributed by atoms with Gasteiger partial charge in [-0.2, -0.15) is 0 Å². The molecule has 2 N–H and O–H groups in total. The van der Waals surface area contributed by atoms with Gasteiger partial charge in [-0.05, 0) is 66.3 Å².